The van der Waals surface area contributed by atoms with Crippen molar-refractivity contribution in [3.8, 4) is 5.75 Å². The molecular formula is C13H19ClN2O. The van der Waals surface area contributed by atoms with Crippen LogP contribution >= 0.6 is 11.6 Å². The minimum Gasteiger partial charge on any atom is -0.495 e. The minimum absolute atomic E-state index is 0.483. The smallest absolute Gasteiger partial charge is 0.139 e. The molecule has 0 radical (unpaired) electrons. The molecule has 17 heavy (non-hydrogen) atoms. The maximum atomic E-state index is 6.04. The lowest BCUT2D eigenvalue weighted by molar-refractivity contribution is 0.411. The number of hydrogen-bond acceptors (Lipinski definition) is 3. The van der Waals surface area contributed by atoms with Crippen molar-refractivity contribution in [1.29, 1.82) is 0 Å². The highest BCUT2D eigenvalue weighted by Gasteiger charge is 2.23. The number of anilines is 1. The molecule has 2 atom stereocenters. The fourth-order valence-electron chi connectivity index (χ4n) is 2.21. The molecule has 0 aromatic heterocycles. The van der Waals surface area contributed by atoms with Crippen LogP contribution in [0.25, 0.3) is 0 Å². The predicted molar refractivity (Wildman–Crippen MR) is 72.3 cm³/mol. The summed E-state index contributed by atoms with van der Waals surface area (Å²) in [6.45, 7) is 6.43. The summed E-state index contributed by atoms with van der Waals surface area (Å²) in [6.07, 6.45) is 0. The van der Waals surface area contributed by atoms with E-state index in [4.69, 9.17) is 16.3 Å². The summed E-state index contributed by atoms with van der Waals surface area (Å²) in [5.41, 5.74) is 1.17. The molecule has 1 saturated heterocycles. The molecule has 1 aromatic carbocycles. The van der Waals surface area contributed by atoms with Crippen molar-refractivity contribution in [2.24, 2.45) is 0 Å². The average Bonchev–Trinajstić information content (AvgIpc) is 2.33. The largest absolute Gasteiger partial charge is 0.495 e. The van der Waals surface area contributed by atoms with Gasteiger partial charge in [-0.15, -0.1) is 0 Å². The van der Waals surface area contributed by atoms with E-state index in [0.29, 0.717) is 17.1 Å². The molecule has 2 rings (SSSR count). The molecular weight excluding hydrogens is 236 g/mol. The van der Waals surface area contributed by atoms with E-state index in [1.54, 1.807) is 7.11 Å². The van der Waals surface area contributed by atoms with Crippen LogP contribution in [0.3, 0.4) is 0 Å². The van der Waals surface area contributed by atoms with E-state index in [9.17, 15) is 0 Å². The molecule has 4 heteroatoms. The summed E-state index contributed by atoms with van der Waals surface area (Å²) in [4.78, 5) is 2.39. The van der Waals surface area contributed by atoms with E-state index in [1.165, 1.54) is 5.69 Å². The quantitative estimate of drug-likeness (QED) is 0.878. The fraction of sp³-hybridized carbons (Fsp3) is 0.538. The zero-order valence-electron chi connectivity index (χ0n) is 10.5. The molecule has 1 heterocycles. The van der Waals surface area contributed by atoms with E-state index in [1.807, 2.05) is 12.1 Å². The maximum absolute atomic E-state index is 6.04. The van der Waals surface area contributed by atoms with Gasteiger partial charge in [-0.3, -0.25) is 0 Å². The Kier molecular flexibility index (Phi) is 3.79. The molecule has 1 aliphatic heterocycles. The minimum atomic E-state index is 0.483. The third kappa shape index (κ3) is 2.67. The van der Waals surface area contributed by atoms with Gasteiger partial charge in [0.25, 0.3) is 0 Å². The van der Waals surface area contributed by atoms with Crippen molar-refractivity contribution in [2.45, 2.75) is 25.9 Å². The topological polar surface area (TPSA) is 24.5 Å². The lowest BCUT2D eigenvalue weighted by Gasteiger charge is -2.39. The Morgan fingerprint density at radius 3 is 2.88 bits per heavy atom. The number of rotatable bonds is 2. The van der Waals surface area contributed by atoms with E-state index < -0.39 is 0 Å². The number of piperazine rings is 1. The Morgan fingerprint density at radius 2 is 2.18 bits per heavy atom. The van der Waals surface area contributed by atoms with Crippen molar-refractivity contribution in [3.05, 3.63) is 23.2 Å². The van der Waals surface area contributed by atoms with Crippen molar-refractivity contribution >= 4 is 17.3 Å². The second-order valence-corrected chi connectivity index (χ2v) is 5.04. The van der Waals surface area contributed by atoms with Gasteiger partial charge in [-0.1, -0.05) is 11.6 Å². The van der Waals surface area contributed by atoms with Crippen LogP contribution in [0.4, 0.5) is 5.69 Å². The van der Waals surface area contributed by atoms with Crippen LogP contribution in [0.15, 0.2) is 18.2 Å². The lowest BCUT2D eigenvalue weighted by Crippen LogP contribution is -2.54. The van der Waals surface area contributed by atoms with Gasteiger partial charge in [-0.25, -0.2) is 0 Å². The molecule has 0 aliphatic carbocycles. The van der Waals surface area contributed by atoms with Gasteiger partial charge >= 0.3 is 0 Å². The van der Waals surface area contributed by atoms with Gasteiger partial charge in [0, 0.05) is 36.9 Å². The highest BCUT2D eigenvalue weighted by atomic mass is 35.5. The molecule has 1 aromatic rings. The van der Waals surface area contributed by atoms with E-state index >= 15 is 0 Å². The highest BCUT2D eigenvalue weighted by molar-refractivity contribution is 6.32. The number of nitrogens with zero attached hydrogens (tertiary/aromatic N) is 1. The maximum Gasteiger partial charge on any atom is 0.139 e. The van der Waals surface area contributed by atoms with Crippen LogP contribution in [0.5, 0.6) is 5.75 Å². The Labute approximate surface area is 108 Å². The number of halogens is 1. The fourth-order valence-corrected chi connectivity index (χ4v) is 2.40. The van der Waals surface area contributed by atoms with Gasteiger partial charge in [-0.05, 0) is 26.0 Å². The molecule has 1 N–H and O–H groups in total. The van der Waals surface area contributed by atoms with Crippen molar-refractivity contribution < 1.29 is 4.74 Å². The third-order valence-electron chi connectivity index (χ3n) is 3.23. The SMILES string of the molecule is COc1cc(N2C[C@@H](C)NC[C@H]2C)ccc1Cl. The average molecular weight is 255 g/mol. The number of nitrogens with one attached hydrogen (secondary N) is 1. The second kappa shape index (κ2) is 5.15. The molecule has 94 valence electrons. The first-order valence-electron chi connectivity index (χ1n) is 5.95. The summed E-state index contributed by atoms with van der Waals surface area (Å²) < 4.78 is 5.26. The monoisotopic (exact) mass is 254 g/mol. The van der Waals surface area contributed by atoms with E-state index in [-0.39, 0.29) is 0 Å². The van der Waals surface area contributed by atoms with Gasteiger partial charge in [0.05, 0.1) is 12.1 Å². The van der Waals surface area contributed by atoms with Gasteiger partial charge in [0.15, 0.2) is 0 Å². The predicted octanol–water partition coefficient (Wildman–Crippen LogP) is 2.54. The summed E-state index contributed by atoms with van der Waals surface area (Å²) in [7, 11) is 1.65. The highest BCUT2D eigenvalue weighted by Crippen LogP contribution is 2.30. The first-order chi connectivity index (χ1) is 8.11. The zero-order valence-corrected chi connectivity index (χ0v) is 11.3. The van der Waals surface area contributed by atoms with Gasteiger partial charge in [-0.2, -0.15) is 0 Å². The number of hydrogen-bond donors (Lipinski definition) is 1. The number of ether oxygens (including phenoxy) is 1. The molecule has 1 aliphatic rings. The lowest BCUT2D eigenvalue weighted by atomic mass is 10.1. The van der Waals surface area contributed by atoms with Gasteiger partial charge in [0.1, 0.15) is 5.75 Å². The van der Waals surface area contributed by atoms with Crippen LogP contribution in [0.1, 0.15) is 13.8 Å². The molecule has 0 unspecified atom stereocenters. The van der Waals surface area contributed by atoms with Crippen LogP contribution in [-0.4, -0.2) is 32.3 Å². The molecule has 0 amide bonds. The van der Waals surface area contributed by atoms with E-state index in [0.717, 1.165) is 18.8 Å². The standard InChI is InChI=1S/C13H19ClN2O/c1-9-8-16(10(2)7-15-9)11-4-5-12(14)13(6-11)17-3/h4-6,9-10,15H,7-8H2,1-3H3/t9-,10-/m1/s1. The molecule has 0 saturated carbocycles. The summed E-state index contributed by atoms with van der Waals surface area (Å²) in [5.74, 6) is 0.738. The van der Waals surface area contributed by atoms with Crippen molar-refractivity contribution in [3.63, 3.8) is 0 Å². The Balaban J connectivity index is 2.26. The van der Waals surface area contributed by atoms with Crippen molar-refractivity contribution in [2.75, 3.05) is 25.1 Å². The summed E-state index contributed by atoms with van der Waals surface area (Å²) in [6, 6.07) is 6.95. The Bertz CT molecular complexity index is 397. The normalized spacial score (nSPS) is 24.8. The summed E-state index contributed by atoms with van der Waals surface area (Å²) >= 11 is 6.04. The van der Waals surface area contributed by atoms with Crippen LogP contribution in [-0.2, 0) is 0 Å². The number of methoxy groups -OCH3 is 1. The molecule has 3 nitrogen and oxygen atoms in total. The van der Waals surface area contributed by atoms with Crippen LogP contribution < -0.4 is 15.0 Å². The Morgan fingerprint density at radius 1 is 1.41 bits per heavy atom. The first kappa shape index (κ1) is 12.5. The first-order valence-corrected chi connectivity index (χ1v) is 6.33. The van der Waals surface area contributed by atoms with Crippen LogP contribution in [0, 0.1) is 0 Å². The molecule has 0 spiro atoms. The number of benzene rings is 1. The second-order valence-electron chi connectivity index (χ2n) is 4.63. The summed E-state index contributed by atoms with van der Waals surface area (Å²) in [5, 5.41) is 4.13. The van der Waals surface area contributed by atoms with Crippen LogP contribution in [0.2, 0.25) is 5.02 Å². The molecule has 0 bridgehead atoms. The van der Waals surface area contributed by atoms with Gasteiger partial charge in [0.2, 0.25) is 0 Å². The third-order valence-corrected chi connectivity index (χ3v) is 3.54. The Hall–Kier alpha value is -0.930. The zero-order chi connectivity index (χ0) is 12.4. The van der Waals surface area contributed by atoms with E-state index in [2.05, 4.69) is 30.1 Å². The molecule has 1 fully saturated rings. The van der Waals surface area contributed by atoms with Crippen molar-refractivity contribution in [1.82, 2.24) is 5.32 Å². The van der Waals surface area contributed by atoms with Gasteiger partial charge < -0.3 is 15.0 Å².